The zero-order valence-corrected chi connectivity index (χ0v) is 13.0. The quantitative estimate of drug-likeness (QED) is 0.793. The average Bonchev–Trinajstić information content (AvgIpc) is 2.68. The lowest BCUT2D eigenvalue weighted by molar-refractivity contribution is -0.117. The number of hydrogen-bond donors (Lipinski definition) is 0. The summed E-state index contributed by atoms with van der Waals surface area (Å²) in [4.78, 5) is 15.6. The lowest BCUT2D eigenvalue weighted by Gasteiger charge is -2.20. The van der Waals surface area contributed by atoms with Crippen LogP contribution in [0.2, 0.25) is 0 Å². The first kappa shape index (κ1) is 15.1. The van der Waals surface area contributed by atoms with E-state index in [1.165, 1.54) is 0 Å². The molecule has 1 heterocycles. The van der Waals surface area contributed by atoms with E-state index in [4.69, 9.17) is 10.7 Å². The maximum atomic E-state index is 12.0. The molecule has 0 aromatic heterocycles. The Balaban J connectivity index is 2.17. The fourth-order valence-corrected chi connectivity index (χ4v) is 3.68. The summed E-state index contributed by atoms with van der Waals surface area (Å²) in [5.74, 6) is -0.469. The summed E-state index contributed by atoms with van der Waals surface area (Å²) in [6, 6.07) is 7.59. The van der Waals surface area contributed by atoms with Gasteiger partial charge in [0, 0.05) is 55.0 Å². The van der Waals surface area contributed by atoms with Crippen molar-refractivity contribution in [3.63, 3.8) is 0 Å². The highest BCUT2D eigenvalue weighted by Crippen LogP contribution is 2.28. The van der Waals surface area contributed by atoms with Crippen LogP contribution in [0.1, 0.15) is 6.42 Å². The Morgan fingerprint density at radius 2 is 2.10 bits per heavy atom. The van der Waals surface area contributed by atoms with E-state index in [2.05, 4.69) is 0 Å². The second-order valence-corrected chi connectivity index (χ2v) is 8.02. The van der Waals surface area contributed by atoms with Crippen LogP contribution in [-0.4, -0.2) is 40.7 Å². The van der Waals surface area contributed by atoms with Gasteiger partial charge in [-0.2, -0.15) is 0 Å². The third-order valence-corrected chi connectivity index (χ3v) is 4.55. The topological polar surface area (TPSA) is 57.7 Å². The van der Waals surface area contributed by atoms with Crippen LogP contribution in [0.5, 0.6) is 0 Å². The van der Waals surface area contributed by atoms with Gasteiger partial charge in [-0.05, 0) is 18.2 Å². The summed E-state index contributed by atoms with van der Waals surface area (Å²) in [6.45, 7) is 0.391. The number of halogens is 1. The Kier molecular flexibility index (Phi) is 4.25. The predicted molar refractivity (Wildman–Crippen MR) is 80.9 cm³/mol. The lowest BCUT2D eigenvalue weighted by atomic mass is 10.1. The number of carbonyl (C=O) groups excluding carboxylic acids is 1. The van der Waals surface area contributed by atoms with Gasteiger partial charge in [0.15, 0.2) is 0 Å². The minimum Gasteiger partial charge on any atom is -0.378 e. The van der Waals surface area contributed by atoms with Crippen LogP contribution in [0, 0.1) is 5.92 Å². The van der Waals surface area contributed by atoms with E-state index in [9.17, 15) is 13.2 Å². The second-order valence-electron chi connectivity index (χ2n) is 5.19. The second kappa shape index (κ2) is 5.61. The highest BCUT2D eigenvalue weighted by Gasteiger charge is 2.33. The number of amides is 1. The molecule has 1 saturated heterocycles. The summed E-state index contributed by atoms with van der Waals surface area (Å²) in [5.41, 5.74) is 1.78. The molecule has 7 heteroatoms. The number of nitrogens with zero attached hydrogens (tertiary/aromatic N) is 2. The molecule has 0 bridgehead atoms. The monoisotopic (exact) mass is 316 g/mol. The van der Waals surface area contributed by atoms with E-state index in [0.29, 0.717) is 6.54 Å². The van der Waals surface area contributed by atoms with Crippen LogP contribution >= 0.6 is 10.7 Å². The summed E-state index contributed by atoms with van der Waals surface area (Å²) < 4.78 is 22.2. The van der Waals surface area contributed by atoms with E-state index in [1.54, 1.807) is 4.90 Å². The Hall–Kier alpha value is -1.27. The van der Waals surface area contributed by atoms with Crippen LogP contribution < -0.4 is 9.80 Å². The molecule has 1 unspecified atom stereocenters. The van der Waals surface area contributed by atoms with Crippen molar-refractivity contribution in [3.8, 4) is 0 Å². The van der Waals surface area contributed by atoms with Crippen molar-refractivity contribution < 1.29 is 13.2 Å². The zero-order valence-electron chi connectivity index (χ0n) is 11.4. The van der Waals surface area contributed by atoms with Crippen molar-refractivity contribution in [2.75, 3.05) is 36.2 Å². The van der Waals surface area contributed by atoms with Crippen LogP contribution in [0.4, 0.5) is 11.4 Å². The van der Waals surface area contributed by atoms with Crippen LogP contribution in [0.25, 0.3) is 0 Å². The van der Waals surface area contributed by atoms with Crippen molar-refractivity contribution in [1.82, 2.24) is 0 Å². The molecule has 0 saturated carbocycles. The van der Waals surface area contributed by atoms with Crippen molar-refractivity contribution in [2.24, 2.45) is 5.92 Å². The first-order valence-corrected chi connectivity index (χ1v) is 8.74. The van der Waals surface area contributed by atoms with E-state index in [0.717, 1.165) is 11.4 Å². The Morgan fingerprint density at radius 3 is 2.70 bits per heavy atom. The number of benzene rings is 1. The van der Waals surface area contributed by atoms with Crippen LogP contribution in [0.15, 0.2) is 24.3 Å². The van der Waals surface area contributed by atoms with Gasteiger partial charge in [-0.1, -0.05) is 6.07 Å². The number of hydrogen-bond acceptors (Lipinski definition) is 4. The van der Waals surface area contributed by atoms with Gasteiger partial charge in [-0.15, -0.1) is 0 Å². The molecule has 1 aromatic carbocycles. The molecule has 1 atom stereocenters. The predicted octanol–water partition coefficient (Wildman–Crippen LogP) is 1.67. The van der Waals surface area contributed by atoms with Gasteiger partial charge in [0.05, 0.1) is 5.75 Å². The summed E-state index contributed by atoms with van der Waals surface area (Å²) in [7, 11) is 5.53. The van der Waals surface area contributed by atoms with Gasteiger partial charge in [-0.3, -0.25) is 4.79 Å². The van der Waals surface area contributed by atoms with Gasteiger partial charge in [-0.25, -0.2) is 8.42 Å². The number of anilines is 2. The van der Waals surface area contributed by atoms with E-state index < -0.39 is 9.05 Å². The summed E-state index contributed by atoms with van der Waals surface area (Å²) in [6.07, 6.45) is 0.220. The molecule has 1 amide bonds. The maximum Gasteiger partial charge on any atom is 0.232 e. The third kappa shape index (κ3) is 3.64. The molecule has 1 fully saturated rings. The molecule has 1 aliphatic rings. The molecule has 0 radical (unpaired) electrons. The minimum atomic E-state index is -3.57. The van der Waals surface area contributed by atoms with Crippen molar-refractivity contribution >= 4 is 37.0 Å². The van der Waals surface area contributed by atoms with Crippen molar-refractivity contribution in [2.45, 2.75) is 6.42 Å². The highest BCUT2D eigenvalue weighted by molar-refractivity contribution is 8.13. The molecule has 0 spiro atoms. The average molecular weight is 317 g/mol. The normalized spacial score (nSPS) is 19.4. The fraction of sp³-hybridized carbons (Fsp3) is 0.462. The standard InChI is InChI=1S/C13H17ClN2O3S/c1-15(2)11-4-3-5-12(7-11)16-8-10(6-13(16)17)9-20(14,18)19/h3-5,7,10H,6,8-9H2,1-2H3. The van der Waals surface area contributed by atoms with Gasteiger partial charge in [0.2, 0.25) is 15.0 Å². The molecule has 5 nitrogen and oxygen atoms in total. The van der Waals surface area contributed by atoms with Gasteiger partial charge in [0.1, 0.15) is 0 Å². The molecule has 20 heavy (non-hydrogen) atoms. The number of carbonyl (C=O) groups is 1. The molecule has 0 aliphatic carbocycles. The van der Waals surface area contributed by atoms with E-state index in [-0.39, 0.29) is 24.0 Å². The van der Waals surface area contributed by atoms with Crippen LogP contribution in [-0.2, 0) is 13.8 Å². The smallest absolute Gasteiger partial charge is 0.232 e. The van der Waals surface area contributed by atoms with Gasteiger partial charge >= 0.3 is 0 Å². The maximum absolute atomic E-state index is 12.0. The van der Waals surface area contributed by atoms with Gasteiger partial charge < -0.3 is 9.80 Å². The third-order valence-electron chi connectivity index (χ3n) is 3.30. The zero-order chi connectivity index (χ0) is 14.9. The largest absolute Gasteiger partial charge is 0.378 e. The first-order chi connectivity index (χ1) is 9.26. The lowest BCUT2D eigenvalue weighted by Crippen LogP contribution is -2.25. The molecule has 110 valence electrons. The number of rotatable bonds is 4. The van der Waals surface area contributed by atoms with Crippen molar-refractivity contribution in [3.05, 3.63) is 24.3 Å². The Labute approximate surface area is 123 Å². The molecule has 0 N–H and O–H groups in total. The molecule has 1 aromatic rings. The molecular weight excluding hydrogens is 300 g/mol. The van der Waals surface area contributed by atoms with E-state index >= 15 is 0 Å². The minimum absolute atomic E-state index is 0.0637. The summed E-state index contributed by atoms with van der Waals surface area (Å²) in [5, 5.41) is 0. The Morgan fingerprint density at radius 1 is 1.40 bits per heavy atom. The first-order valence-electron chi connectivity index (χ1n) is 6.26. The van der Waals surface area contributed by atoms with Crippen LogP contribution in [0.3, 0.4) is 0 Å². The van der Waals surface area contributed by atoms with E-state index in [1.807, 2.05) is 43.3 Å². The molecular formula is C13H17ClN2O3S. The van der Waals surface area contributed by atoms with Gasteiger partial charge in [0.25, 0.3) is 0 Å². The molecule has 2 rings (SSSR count). The SMILES string of the molecule is CN(C)c1cccc(N2CC(CS(=O)(=O)Cl)CC2=O)c1. The molecule has 1 aliphatic heterocycles. The Bertz CT molecular complexity index is 616. The van der Waals surface area contributed by atoms with Crippen molar-refractivity contribution in [1.29, 1.82) is 0 Å². The summed E-state index contributed by atoms with van der Waals surface area (Å²) >= 11 is 0. The fourth-order valence-electron chi connectivity index (χ4n) is 2.36. The highest BCUT2D eigenvalue weighted by atomic mass is 35.7.